The maximum absolute atomic E-state index is 11.7. The number of hydrogen-bond donors (Lipinski definition) is 2. The molecule has 4 heteroatoms. The first-order valence-electron chi connectivity index (χ1n) is 5.71. The maximum Gasteiger partial charge on any atom is 0.224 e. The van der Waals surface area contributed by atoms with E-state index in [1.807, 2.05) is 13.8 Å². The minimum Gasteiger partial charge on any atom is -0.377 e. The molecule has 2 unspecified atom stereocenters. The van der Waals surface area contributed by atoms with Crippen LogP contribution in [-0.4, -0.2) is 38.3 Å². The van der Waals surface area contributed by atoms with E-state index in [1.54, 1.807) is 0 Å². The summed E-state index contributed by atoms with van der Waals surface area (Å²) in [5.41, 5.74) is 0. The SMILES string of the molecule is CC(C)OCCNC(=O)C1CNCC1C. The van der Waals surface area contributed by atoms with Crippen molar-refractivity contribution in [1.29, 1.82) is 0 Å². The van der Waals surface area contributed by atoms with Crippen molar-refractivity contribution in [3.05, 3.63) is 0 Å². The van der Waals surface area contributed by atoms with Crippen LogP contribution in [0.25, 0.3) is 0 Å². The van der Waals surface area contributed by atoms with Crippen molar-refractivity contribution < 1.29 is 9.53 Å². The van der Waals surface area contributed by atoms with Crippen LogP contribution >= 0.6 is 0 Å². The zero-order valence-corrected chi connectivity index (χ0v) is 9.88. The van der Waals surface area contributed by atoms with E-state index in [1.165, 1.54) is 0 Å². The van der Waals surface area contributed by atoms with Crippen LogP contribution in [0.1, 0.15) is 20.8 Å². The smallest absolute Gasteiger partial charge is 0.224 e. The van der Waals surface area contributed by atoms with Gasteiger partial charge in [-0.25, -0.2) is 0 Å². The highest BCUT2D eigenvalue weighted by Crippen LogP contribution is 2.15. The van der Waals surface area contributed by atoms with Crippen molar-refractivity contribution in [2.75, 3.05) is 26.2 Å². The third-order valence-corrected chi connectivity index (χ3v) is 2.71. The van der Waals surface area contributed by atoms with E-state index >= 15 is 0 Å². The fourth-order valence-electron chi connectivity index (χ4n) is 1.76. The van der Waals surface area contributed by atoms with Gasteiger partial charge < -0.3 is 15.4 Å². The predicted molar refractivity (Wildman–Crippen MR) is 59.6 cm³/mol. The Morgan fingerprint density at radius 3 is 2.80 bits per heavy atom. The fourth-order valence-corrected chi connectivity index (χ4v) is 1.76. The molecule has 1 fully saturated rings. The normalized spacial score (nSPS) is 25.9. The van der Waals surface area contributed by atoms with Gasteiger partial charge in [0.25, 0.3) is 0 Å². The van der Waals surface area contributed by atoms with Gasteiger partial charge in [0.2, 0.25) is 5.91 Å². The Morgan fingerprint density at radius 2 is 2.27 bits per heavy atom. The Hall–Kier alpha value is -0.610. The molecule has 0 saturated carbocycles. The van der Waals surface area contributed by atoms with Crippen LogP contribution in [0.4, 0.5) is 0 Å². The van der Waals surface area contributed by atoms with Crippen molar-refractivity contribution in [3.8, 4) is 0 Å². The van der Waals surface area contributed by atoms with Gasteiger partial charge in [0.15, 0.2) is 0 Å². The maximum atomic E-state index is 11.7. The van der Waals surface area contributed by atoms with E-state index in [2.05, 4.69) is 17.6 Å². The number of hydrogen-bond acceptors (Lipinski definition) is 3. The van der Waals surface area contributed by atoms with Crippen molar-refractivity contribution in [2.24, 2.45) is 11.8 Å². The zero-order valence-electron chi connectivity index (χ0n) is 9.88. The molecule has 1 amide bonds. The van der Waals surface area contributed by atoms with E-state index < -0.39 is 0 Å². The zero-order chi connectivity index (χ0) is 11.3. The monoisotopic (exact) mass is 214 g/mol. The Morgan fingerprint density at radius 1 is 1.53 bits per heavy atom. The summed E-state index contributed by atoms with van der Waals surface area (Å²) in [5, 5.41) is 6.13. The molecule has 0 spiro atoms. The largest absolute Gasteiger partial charge is 0.377 e. The van der Waals surface area contributed by atoms with Gasteiger partial charge in [-0.2, -0.15) is 0 Å². The second kappa shape index (κ2) is 6.08. The molecule has 0 radical (unpaired) electrons. The van der Waals surface area contributed by atoms with Crippen molar-refractivity contribution in [2.45, 2.75) is 26.9 Å². The molecule has 0 aliphatic carbocycles. The van der Waals surface area contributed by atoms with Crippen molar-refractivity contribution >= 4 is 5.91 Å². The van der Waals surface area contributed by atoms with Crippen LogP contribution < -0.4 is 10.6 Å². The number of ether oxygens (including phenoxy) is 1. The molecule has 0 bridgehead atoms. The number of amides is 1. The van der Waals surface area contributed by atoms with Crippen LogP contribution in [0.15, 0.2) is 0 Å². The molecule has 2 atom stereocenters. The van der Waals surface area contributed by atoms with E-state index in [4.69, 9.17) is 4.74 Å². The molecule has 4 nitrogen and oxygen atoms in total. The molecule has 0 aromatic carbocycles. The standard InChI is InChI=1S/C11H22N2O2/c1-8(2)15-5-4-13-11(14)10-7-12-6-9(10)3/h8-10,12H,4-7H2,1-3H3,(H,13,14). The summed E-state index contributed by atoms with van der Waals surface area (Å²) in [7, 11) is 0. The number of nitrogens with one attached hydrogen (secondary N) is 2. The third kappa shape index (κ3) is 4.18. The number of carbonyl (C=O) groups excluding carboxylic acids is 1. The summed E-state index contributed by atoms with van der Waals surface area (Å²) in [6.45, 7) is 9.04. The quantitative estimate of drug-likeness (QED) is 0.651. The molecule has 15 heavy (non-hydrogen) atoms. The van der Waals surface area contributed by atoms with Crippen LogP contribution in [0, 0.1) is 11.8 Å². The molecule has 88 valence electrons. The number of rotatable bonds is 5. The predicted octanol–water partition coefficient (Wildman–Crippen LogP) is 0.383. The van der Waals surface area contributed by atoms with Gasteiger partial charge in [-0.05, 0) is 26.3 Å². The topological polar surface area (TPSA) is 50.4 Å². The lowest BCUT2D eigenvalue weighted by atomic mass is 9.97. The van der Waals surface area contributed by atoms with Gasteiger partial charge in [0.1, 0.15) is 0 Å². The highest BCUT2D eigenvalue weighted by Gasteiger charge is 2.28. The molecule has 1 heterocycles. The molecule has 0 aromatic heterocycles. The Balaban J connectivity index is 2.13. The minimum atomic E-state index is 0.129. The summed E-state index contributed by atoms with van der Waals surface area (Å²) in [4.78, 5) is 11.7. The summed E-state index contributed by atoms with van der Waals surface area (Å²) >= 11 is 0. The Labute approximate surface area is 91.8 Å². The van der Waals surface area contributed by atoms with E-state index in [9.17, 15) is 4.79 Å². The van der Waals surface area contributed by atoms with Gasteiger partial charge in [-0.15, -0.1) is 0 Å². The minimum absolute atomic E-state index is 0.129. The van der Waals surface area contributed by atoms with Crippen LogP contribution in [0.3, 0.4) is 0 Å². The molecular weight excluding hydrogens is 192 g/mol. The van der Waals surface area contributed by atoms with Gasteiger partial charge in [-0.3, -0.25) is 4.79 Å². The van der Waals surface area contributed by atoms with E-state index in [0.717, 1.165) is 13.1 Å². The molecule has 1 rings (SSSR count). The fraction of sp³-hybridized carbons (Fsp3) is 0.909. The molecule has 1 saturated heterocycles. The number of carbonyl (C=O) groups is 1. The van der Waals surface area contributed by atoms with Crippen molar-refractivity contribution in [3.63, 3.8) is 0 Å². The Bertz CT molecular complexity index is 207. The average molecular weight is 214 g/mol. The molecule has 1 aliphatic rings. The first-order chi connectivity index (χ1) is 7.11. The average Bonchev–Trinajstić information content (AvgIpc) is 2.58. The summed E-state index contributed by atoms with van der Waals surface area (Å²) in [6, 6.07) is 0. The third-order valence-electron chi connectivity index (χ3n) is 2.71. The second-order valence-corrected chi connectivity index (χ2v) is 4.45. The lowest BCUT2D eigenvalue weighted by Crippen LogP contribution is -2.36. The first-order valence-corrected chi connectivity index (χ1v) is 5.71. The molecular formula is C11H22N2O2. The molecule has 0 aromatic rings. The summed E-state index contributed by atoms with van der Waals surface area (Å²) in [6.07, 6.45) is 0.231. The van der Waals surface area contributed by atoms with Crippen LogP contribution in [-0.2, 0) is 9.53 Å². The van der Waals surface area contributed by atoms with Crippen LogP contribution in [0.2, 0.25) is 0 Å². The van der Waals surface area contributed by atoms with Gasteiger partial charge in [-0.1, -0.05) is 6.92 Å². The lowest BCUT2D eigenvalue weighted by molar-refractivity contribution is -0.125. The Kier molecular flexibility index (Phi) is 5.05. The van der Waals surface area contributed by atoms with Gasteiger partial charge >= 0.3 is 0 Å². The second-order valence-electron chi connectivity index (χ2n) is 4.45. The van der Waals surface area contributed by atoms with Crippen molar-refractivity contribution in [1.82, 2.24) is 10.6 Å². The van der Waals surface area contributed by atoms with E-state index in [-0.39, 0.29) is 17.9 Å². The highest BCUT2D eigenvalue weighted by molar-refractivity contribution is 5.79. The van der Waals surface area contributed by atoms with Gasteiger partial charge in [0, 0.05) is 13.1 Å². The molecule has 2 N–H and O–H groups in total. The van der Waals surface area contributed by atoms with E-state index in [0.29, 0.717) is 19.1 Å². The lowest BCUT2D eigenvalue weighted by Gasteiger charge is -2.14. The van der Waals surface area contributed by atoms with Gasteiger partial charge in [0.05, 0.1) is 18.6 Å². The summed E-state index contributed by atoms with van der Waals surface area (Å²) < 4.78 is 5.35. The first kappa shape index (κ1) is 12.5. The molecule has 1 aliphatic heterocycles. The highest BCUT2D eigenvalue weighted by atomic mass is 16.5. The van der Waals surface area contributed by atoms with Crippen LogP contribution in [0.5, 0.6) is 0 Å². The summed E-state index contributed by atoms with van der Waals surface area (Å²) in [5.74, 6) is 0.722.